The fourth-order valence-electron chi connectivity index (χ4n) is 3.66. The van der Waals surface area contributed by atoms with Gasteiger partial charge >= 0.3 is 6.09 Å². The number of carbonyl (C=O) groups excluding carboxylic acids is 1. The third-order valence-corrected chi connectivity index (χ3v) is 5.48. The summed E-state index contributed by atoms with van der Waals surface area (Å²) in [5.74, 6) is 0.741. The number of carbonyl (C=O) groups is 1. The summed E-state index contributed by atoms with van der Waals surface area (Å²) >= 11 is 0. The lowest BCUT2D eigenvalue weighted by Gasteiger charge is -2.31. The lowest BCUT2D eigenvalue weighted by molar-refractivity contribution is 0.0504. The van der Waals surface area contributed by atoms with Crippen LogP contribution >= 0.6 is 0 Å². The maximum Gasteiger partial charge on any atom is 0.410 e. The van der Waals surface area contributed by atoms with E-state index in [0.29, 0.717) is 54.7 Å². The Morgan fingerprint density at radius 3 is 2.40 bits per heavy atom. The average Bonchev–Trinajstić information content (AvgIpc) is 2.87. The molecule has 3 heterocycles. The average molecular weight is 476 g/mol. The number of pyridine rings is 1. The van der Waals surface area contributed by atoms with Gasteiger partial charge < -0.3 is 19.2 Å². The normalized spacial score (nSPS) is 14.6. The smallest absolute Gasteiger partial charge is 0.410 e. The van der Waals surface area contributed by atoms with Crippen LogP contribution in [-0.2, 0) is 4.74 Å². The Labute approximate surface area is 204 Å². The van der Waals surface area contributed by atoms with Crippen molar-refractivity contribution < 1.29 is 19.1 Å². The van der Waals surface area contributed by atoms with Crippen molar-refractivity contribution in [3.05, 3.63) is 77.9 Å². The molecule has 9 nitrogen and oxygen atoms in total. The van der Waals surface area contributed by atoms with Crippen molar-refractivity contribution in [3.63, 3.8) is 0 Å². The zero-order chi connectivity index (χ0) is 24.6. The monoisotopic (exact) mass is 475 g/mol. The third-order valence-electron chi connectivity index (χ3n) is 5.48. The zero-order valence-electron chi connectivity index (χ0n) is 20.1. The molecule has 1 fully saturated rings. The van der Waals surface area contributed by atoms with Gasteiger partial charge in [0.05, 0.1) is 17.4 Å². The van der Waals surface area contributed by atoms with E-state index < -0.39 is 0 Å². The fourth-order valence-corrected chi connectivity index (χ4v) is 3.66. The highest BCUT2D eigenvalue weighted by Gasteiger charge is 2.26. The van der Waals surface area contributed by atoms with Crippen LogP contribution in [0.15, 0.2) is 66.2 Å². The van der Waals surface area contributed by atoms with Crippen LogP contribution in [0.5, 0.6) is 11.8 Å². The molecule has 1 aliphatic heterocycles. The molecule has 4 rings (SSSR count). The van der Waals surface area contributed by atoms with Gasteiger partial charge in [-0.05, 0) is 32.9 Å². The maximum atomic E-state index is 12.1. The molecule has 3 aromatic rings. The molecular weight excluding hydrogens is 446 g/mol. The van der Waals surface area contributed by atoms with Gasteiger partial charge in [0.1, 0.15) is 18.1 Å². The largest absolute Gasteiger partial charge is 0.474 e. The molecule has 0 spiro atoms. The van der Waals surface area contributed by atoms with E-state index in [9.17, 15) is 4.79 Å². The second kappa shape index (κ2) is 11.4. The molecule has 35 heavy (non-hydrogen) atoms. The van der Waals surface area contributed by atoms with Gasteiger partial charge in [-0.15, -0.1) is 0 Å². The number of hydrogen-bond donors (Lipinski definition) is 0. The van der Waals surface area contributed by atoms with Crippen LogP contribution in [0.4, 0.5) is 4.79 Å². The molecule has 1 aromatic carbocycles. The standard InChI is InChI=1S/C26H29N5O4/c1-18(2)33-26(32)31-15-12-21(13-16-31)34-24-19(3)25(29-17-28-24)35-30-23(20-9-5-4-6-10-20)22-11-7-8-14-27-22/h4-11,14,17-18,21H,12-13,15-16H2,1-3H3/b30-23+. The van der Waals surface area contributed by atoms with E-state index in [-0.39, 0.29) is 18.3 Å². The summed E-state index contributed by atoms with van der Waals surface area (Å²) in [6.45, 7) is 6.65. The van der Waals surface area contributed by atoms with E-state index >= 15 is 0 Å². The summed E-state index contributed by atoms with van der Waals surface area (Å²) in [5, 5.41) is 4.39. The number of rotatable bonds is 7. The first kappa shape index (κ1) is 24.1. The first-order valence-corrected chi connectivity index (χ1v) is 11.7. The molecule has 2 aromatic heterocycles. The van der Waals surface area contributed by atoms with Crippen LogP contribution in [0.3, 0.4) is 0 Å². The van der Waals surface area contributed by atoms with Crippen molar-refractivity contribution in [2.24, 2.45) is 5.16 Å². The molecule has 0 unspecified atom stereocenters. The number of aromatic nitrogens is 3. The van der Waals surface area contributed by atoms with Gasteiger partial charge in [-0.2, -0.15) is 4.98 Å². The van der Waals surface area contributed by atoms with E-state index in [1.165, 1.54) is 6.33 Å². The molecule has 182 valence electrons. The minimum absolute atomic E-state index is 0.0727. The molecule has 9 heteroatoms. The van der Waals surface area contributed by atoms with Crippen molar-refractivity contribution in [3.8, 4) is 11.8 Å². The van der Waals surface area contributed by atoms with Crippen LogP contribution in [0.25, 0.3) is 0 Å². The topological polar surface area (TPSA) is 99.0 Å². The number of amides is 1. The highest BCUT2D eigenvalue weighted by atomic mass is 16.6. The quantitative estimate of drug-likeness (QED) is 0.369. The summed E-state index contributed by atoms with van der Waals surface area (Å²) in [7, 11) is 0. The third kappa shape index (κ3) is 6.32. The second-order valence-corrected chi connectivity index (χ2v) is 8.46. The van der Waals surface area contributed by atoms with Crippen LogP contribution < -0.4 is 9.57 Å². The number of ether oxygens (including phenoxy) is 2. The second-order valence-electron chi connectivity index (χ2n) is 8.46. The lowest BCUT2D eigenvalue weighted by Crippen LogP contribution is -2.42. The number of oxime groups is 1. The summed E-state index contributed by atoms with van der Waals surface area (Å²) in [5.41, 5.74) is 2.79. The summed E-state index contributed by atoms with van der Waals surface area (Å²) < 4.78 is 11.4. The Morgan fingerprint density at radius 1 is 1.00 bits per heavy atom. The Hall–Kier alpha value is -4.01. The van der Waals surface area contributed by atoms with Gasteiger partial charge in [-0.3, -0.25) is 4.98 Å². The van der Waals surface area contributed by atoms with Crippen molar-refractivity contribution >= 4 is 11.8 Å². The van der Waals surface area contributed by atoms with Crippen molar-refractivity contribution in [2.75, 3.05) is 13.1 Å². The van der Waals surface area contributed by atoms with Crippen molar-refractivity contribution in [1.82, 2.24) is 19.9 Å². The molecule has 0 bridgehead atoms. The Kier molecular flexibility index (Phi) is 7.87. The molecular formula is C26H29N5O4. The molecule has 0 aliphatic carbocycles. The number of benzene rings is 1. The number of likely N-dealkylation sites (tertiary alicyclic amines) is 1. The molecule has 1 aliphatic rings. The predicted octanol–water partition coefficient (Wildman–Crippen LogP) is 4.40. The van der Waals surface area contributed by atoms with Gasteiger partial charge in [-0.25, -0.2) is 9.78 Å². The van der Waals surface area contributed by atoms with Crippen molar-refractivity contribution in [1.29, 1.82) is 0 Å². The van der Waals surface area contributed by atoms with Crippen LogP contribution in [0.2, 0.25) is 0 Å². The van der Waals surface area contributed by atoms with Gasteiger partial charge in [0, 0.05) is 37.7 Å². The highest BCUT2D eigenvalue weighted by Crippen LogP contribution is 2.26. The molecule has 0 N–H and O–H groups in total. The summed E-state index contributed by atoms with van der Waals surface area (Å²) in [6.07, 6.45) is 3.98. The zero-order valence-corrected chi connectivity index (χ0v) is 20.1. The fraction of sp³-hybridized carbons (Fsp3) is 0.346. The SMILES string of the molecule is Cc1c(O/N=C(\c2ccccc2)c2ccccn2)ncnc1OC1CCN(C(=O)OC(C)C)CC1. The molecule has 0 radical (unpaired) electrons. The first-order chi connectivity index (χ1) is 17.0. The first-order valence-electron chi connectivity index (χ1n) is 11.7. The van der Waals surface area contributed by atoms with E-state index in [4.69, 9.17) is 14.3 Å². The van der Waals surface area contributed by atoms with Gasteiger partial charge in [-0.1, -0.05) is 41.6 Å². The molecule has 1 saturated heterocycles. The predicted molar refractivity (Wildman–Crippen MR) is 131 cm³/mol. The molecule has 0 saturated carbocycles. The highest BCUT2D eigenvalue weighted by molar-refractivity contribution is 6.11. The van der Waals surface area contributed by atoms with E-state index in [1.54, 1.807) is 11.1 Å². The van der Waals surface area contributed by atoms with E-state index in [1.807, 2.05) is 69.3 Å². The van der Waals surface area contributed by atoms with Gasteiger partial charge in [0.15, 0.2) is 0 Å². The lowest BCUT2D eigenvalue weighted by atomic mass is 10.1. The van der Waals surface area contributed by atoms with E-state index in [2.05, 4.69) is 20.1 Å². The molecule has 0 atom stereocenters. The number of nitrogens with zero attached hydrogens (tertiary/aromatic N) is 5. The maximum absolute atomic E-state index is 12.1. The van der Waals surface area contributed by atoms with Gasteiger partial charge in [0.25, 0.3) is 5.88 Å². The molecule has 1 amide bonds. The van der Waals surface area contributed by atoms with Gasteiger partial charge in [0.2, 0.25) is 5.88 Å². The van der Waals surface area contributed by atoms with E-state index in [0.717, 1.165) is 5.56 Å². The van der Waals surface area contributed by atoms with Crippen molar-refractivity contribution in [2.45, 2.75) is 45.8 Å². The minimum Gasteiger partial charge on any atom is -0.474 e. The Balaban J connectivity index is 1.45. The van der Waals surface area contributed by atoms with Crippen LogP contribution in [-0.4, -0.2) is 57.0 Å². The minimum atomic E-state index is -0.285. The summed E-state index contributed by atoms with van der Waals surface area (Å²) in [6, 6.07) is 15.3. The Bertz CT molecular complexity index is 1110. The van der Waals surface area contributed by atoms with Crippen LogP contribution in [0.1, 0.15) is 43.5 Å². The summed E-state index contributed by atoms with van der Waals surface area (Å²) in [4.78, 5) is 32.5. The Morgan fingerprint density at radius 2 is 1.71 bits per heavy atom. The number of piperidine rings is 1. The van der Waals surface area contributed by atoms with Crippen LogP contribution in [0, 0.1) is 6.92 Å². The number of hydrogen-bond acceptors (Lipinski definition) is 8.